The van der Waals surface area contributed by atoms with Crippen molar-refractivity contribution in [2.24, 2.45) is 5.92 Å². The van der Waals surface area contributed by atoms with Crippen LogP contribution >= 0.6 is 11.3 Å². The minimum Gasteiger partial charge on any atom is -0.497 e. The molecule has 23 heavy (non-hydrogen) atoms. The van der Waals surface area contributed by atoms with Crippen LogP contribution in [0, 0.1) is 5.92 Å². The van der Waals surface area contributed by atoms with E-state index in [0.717, 1.165) is 17.7 Å². The third-order valence-corrected chi connectivity index (χ3v) is 5.44. The molecule has 0 saturated heterocycles. The van der Waals surface area contributed by atoms with Crippen LogP contribution < -0.4 is 14.8 Å². The van der Waals surface area contributed by atoms with Gasteiger partial charge in [-0.15, -0.1) is 11.3 Å². The van der Waals surface area contributed by atoms with Gasteiger partial charge in [-0.2, -0.15) is 0 Å². The molecule has 0 radical (unpaired) electrons. The van der Waals surface area contributed by atoms with Gasteiger partial charge in [-0.3, -0.25) is 4.79 Å². The summed E-state index contributed by atoms with van der Waals surface area (Å²) in [6.45, 7) is 2.27. The molecule has 5 heteroatoms. The van der Waals surface area contributed by atoms with Crippen LogP contribution in [-0.2, 0) is 12.8 Å². The van der Waals surface area contributed by atoms with Crippen LogP contribution in [0.5, 0.6) is 11.5 Å². The maximum Gasteiger partial charge on any atom is 0.265 e. The molecule has 3 rings (SSSR count). The Morgan fingerprint density at radius 1 is 1.26 bits per heavy atom. The first-order valence-electron chi connectivity index (χ1n) is 7.75. The molecule has 2 aromatic rings. The van der Waals surface area contributed by atoms with Crippen LogP contribution in [0.1, 0.15) is 33.5 Å². The number of amides is 1. The number of anilines is 1. The van der Waals surface area contributed by atoms with Gasteiger partial charge < -0.3 is 14.8 Å². The first-order chi connectivity index (χ1) is 11.1. The molecule has 0 spiro atoms. The molecule has 0 fully saturated rings. The number of carbonyl (C=O) groups excluding carboxylic acids is 1. The van der Waals surface area contributed by atoms with E-state index in [4.69, 9.17) is 9.47 Å². The Balaban J connectivity index is 1.82. The van der Waals surface area contributed by atoms with E-state index in [2.05, 4.69) is 12.2 Å². The average molecular weight is 331 g/mol. The number of benzene rings is 1. The molecule has 1 N–H and O–H groups in total. The molecule has 1 aromatic carbocycles. The number of thiophene rings is 1. The molecule has 0 aliphatic heterocycles. The van der Waals surface area contributed by atoms with Crippen molar-refractivity contribution in [3.05, 3.63) is 39.6 Å². The predicted octanol–water partition coefficient (Wildman–Crippen LogP) is 4.14. The lowest BCUT2D eigenvalue weighted by Crippen LogP contribution is -2.11. The van der Waals surface area contributed by atoms with Crippen LogP contribution in [0.25, 0.3) is 0 Å². The lowest BCUT2D eigenvalue weighted by atomic mass is 9.90. The van der Waals surface area contributed by atoms with Crippen molar-refractivity contribution in [2.45, 2.75) is 26.2 Å². The zero-order valence-corrected chi connectivity index (χ0v) is 14.5. The summed E-state index contributed by atoms with van der Waals surface area (Å²) in [4.78, 5) is 14.7. The third-order valence-electron chi connectivity index (χ3n) is 4.21. The topological polar surface area (TPSA) is 47.6 Å². The minimum absolute atomic E-state index is 0.0939. The van der Waals surface area contributed by atoms with Gasteiger partial charge in [-0.25, -0.2) is 0 Å². The highest BCUT2D eigenvalue weighted by atomic mass is 32.1. The number of nitrogens with one attached hydrogen (secondary N) is 1. The molecular formula is C18H21NO3S. The van der Waals surface area contributed by atoms with E-state index in [1.807, 2.05) is 6.07 Å². The molecule has 1 aliphatic rings. The first kappa shape index (κ1) is 15.9. The Labute approximate surface area is 140 Å². The average Bonchev–Trinajstić information content (AvgIpc) is 2.98. The minimum atomic E-state index is -0.0939. The van der Waals surface area contributed by atoms with E-state index in [0.29, 0.717) is 23.1 Å². The van der Waals surface area contributed by atoms with E-state index in [-0.39, 0.29) is 5.91 Å². The maximum atomic E-state index is 12.6. The largest absolute Gasteiger partial charge is 0.497 e. The van der Waals surface area contributed by atoms with Gasteiger partial charge in [0.2, 0.25) is 0 Å². The number of fused-ring (bicyclic) bond motifs is 1. The summed E-state index contributed by atoms with van der Waals surface area (Å²) in [7, 11) is 3.19. The van der Waals surface area contributed by atoms with Gasteiger partial charge in [-0.1, -0.05) is 6.92 Å². The fourth-order valence-electron chi connectivity index (χ4n) is 2.91. The van der Waals surface area contributed by atoms with Crippen molar-refractivity contribution in [2.75, 3.05) is 19.5 Å². The highest BCUT2D eigenvalue weighted by molar-refractivity contribution is 7.14. The van der Waals surface area contributed by atoms with E-state index in [1.165, 1.54) is 16.9 Å². The van der Waals surface area contributed by atoms with Crippen molar-refractivity contribution in [3.63, 3.8) is 0 Å². The van der Waals surface area contributed by atoms with Crippen LogP contribution in [0.2, 0.25) is 0 Å². The summed E-state index contributed by atoms with van der Waals surface area (Å²) in [5.41, 5.74) is 1.95. The van der Waals surface area contributed by atoms with Crippen LogP contribution in [0.3, 0.4) is 0 Å². The summed E-state index contributed by atoms with van der Waals surface area (Å²) >= 11 is 1.60. The van der Waals surface area contributed by atoms with Gasteiger partial charge in [0.15, 0.2) is 0 Å². The maximum absolute atomic E-state index is 12.6. The molecule has 0 bridgehead atoms. The number of methoxy groups -OCH3 is 2. The molecule has 0 saturated carbocycles. The van der Waals surface area contributed by atoms with E-state index >= 15 is 0 Å². The second-order valence-corrected chi connectivity index (χ2v) is 7.06. The van der Waals surface area contributed by atoms with Crippen molar-refractivity contribution >= 4 is 22.9 Å². The Morgan fingerprint density at radius 3 is 2.83 bits per heavy atom. The van der Waals surface area contributed by atoms with E-state index in [1.54, 1.807) is 43.8 Å². The first-order valence-corrected chi connectivity index (χ1v) is 8.57. The monoisotopic (exact) mass is 331 g/mol. The molecule has 1 aliphatic carbocycles. The molecule has 1 amide bonds. The summed E-state index contributed by atoms with van der Waals surface area (Å²) in [5.74, 6) is 1.91. The quantitative estimate of drug-likeness (QED) is 0.916. The highest BCUT2D eigenvalue weighted by Gasteiger charge is 2.21. The Hall–Kier alpha value is -2.01. The Morgan fingerprint density at radius 2 is 2.09 bits per heavy atom. The van der Waals surface area contributed by atoms with Crippen molar-refractivity contribution in [3.8, 4) is 11.5 Å². The van der Waals surface area contributed by atoms with E-state index < -0.39 is 0 Å². The number of ether oxygens (including phenoxy) is 2. The number of aryl methyl sites for hydroxylation is 1. The lowest BCUT2D eigenvalue weighted by Gasteiger charge is -2.16. The Kier molecular flexibility index (Phi) is 4.57. The summed E-state index contributed by atoms with van der Waals surface area (Å²) in [5, 5.41) is 2.94. The lowest BCUT2D eigenvalue weighted by molar-refractivity contribution is 0.103. The summed E-state index contributed by atoms with van der Waals surface area (Å²) < 4.78 is 10.5. The second-order valence-electron chi connectivity index (χ2n) is 5.93. The molecule has 1 aromatic heterocycles. The molecule has 4 nitrogen and oxygen atoms in total. The molecular weight excluding hydrogens is 310 g/mol. The smallest absolute Gasteiger partial charge is 0.265 e. The van der Waals surface area contributed by atoms with E-state index in [9.17, 15) is 4.79 Å². The Bertz CT molecular complexity index is 723. The number of carbonyl (C=O) groups is 1. The van der Waals surface area contributed by atoms with Crippen molar-refractivity contribution in [1.82, 2.24) is 0 Å². The predicted molar refractivity (Wildman–Crippen MR) is 93.0 cm³/mol. The van der Waals surface area contributed by atoms with Gasteiger partial charge in [0.25, 0.3) is 5.91 Å². The van der Waals surface area contributed by atoms with Crippen LogP contribution in [-0.4, -0.2) is 20.1 Å². The zero-order valence-electron chi connectivity index (χ0n) is 13.6. The van der Waals surface area contributed by atoms with Crippen LogP contribution in [0.4, 0.5) is 5.69 Å². The SMILES string of the molecule is COc1ccc(OC)c(NC(=O)c2cc3c(s2)CC[C@H](C)C3)c1. The normalized spacial score (nSPS) is 16.6. The van der Waals surface area contributed by atoms with Gasteiger partial charge in [0.05, 0.1) is 24.8 Å². The third kappa shape index (κ3) is 3.34. The van der Waals surface area contributed by atoms with Gasteiger partial charge >= 0.3 is 0 Å². The zero-order chi connectivity index (χ0) is 16.4. The highest BCUT2D eigenvalue weighted by Crippen LogP contribution is 2.34. The van der Waals surface area contributed by atoms with Gasteiger partial charge in [-0.05, 0) is 48.9 Å². The molecule has 1 heterocycles. The number of hydrogen-bond donors (Lipinski definition) is 1. The second kappa shape index (κ2) is 6.62. The summed E-state index contributed by atoms with van der Waals surface area (Å²) in [6.07, 6.45) is 3.36. The van der Waals surface area contributed by atoms with Gasteiger partial charge in [0, 0.05) is 10.9 Å². The molecule has 1 atom stereocenters. The fourth-order valence-corrected chi connectivity index (χ4v) is 4.02. The number of rotatable bonds is 4. The molecule has 0 unspecified atom stereocenters. The van der Waals surface area contributed by atoms with Crippen molar-refractivity contribution < 1.29 is 14.3 Å². The van der Waals surface area contributed by atoms with Crippen LogP contribution in [0.15, 0.2) is 24.3 Å². The fraction of sp³-hybridized carbons (Fsp3) is 0.389. The standard InChI is InChI=1S/C18H21NO3S/c1-11-4-7-16-12(8-11)9-17(23-16)18(20)19-14-10-13(21-2)5-6-15(14)22-3/h5-6,9-11H,4,7-8H2,1-3H3,(H,19,20)/t11-/m0/s1. The number of hydrogen-bond acceptors (Lipinski definition) is 4. The van der Waals surface area contributed by atoms with Crippen molar-refractivity contribution in [1.29, 1.82) is 0 Å². The van der Waals surface area contributed by atoms with Gasteiger partial charge in [0.1, 0.15) is 11.5 Å². The summed E-state index contributed by atoms with van der Waals surface area (Å²) in [6, 6.07) is 7.40. The molecule has 122 valence electrons.